The van der Waals surface area contributed by atoms with Crippen molar-refractivity contribution >= 4 is 34.1 Å². The second-order valence-electron chi connectivity index (χ2n) is 14.5. The van der Waals surface area contributed by atoms with E-state index in [2.05, 4.69) is 0 Å². The van der Waals surface area contributed by atoms with Crippen LogP contribution in [0.4, 0.5) is 34.1 Å². The Labute approximate surface area is 383 Å². The van der Waals surface area contributed by atoms with Crippen molar-refractivity contribution in [3.05, 3.63) is 218 Å². The Hall–Kier alpha value is -9.42. The first-order valence-electron chi connectivity index (χ1n) is 20.6. The minimum absolute atomic E-state index is 0.666. The number of benzene rings is 9. The summed E-state index contributed by atoms with van der Waals surface area (Å²) >= 11 is 0. The van der Waals surface area contributed by atoms with Gasteiger partial charge in [-0.2, -0.15) is 0 Å². The highest BCUT2D eigenvalue weighted by Gasteiger charge is 2.04. The molecule has 12 nitrogen and oxygen atoms in total. The minimum atomic E-state index is 0.666. The maximum atomic E-state index is 5.73. The lowest BCUT2D eigenvalue weighted by Gasteiger charge is -2.09. The fourth-order valence-electron chi connectivity index (χ4n) is 5.89. The third-order valence-electron chi connectivity index (χ3n) is 9.10. The van der Waals surface area contributed by atoms with Crippen molar-refractivity contribution in [3.8, 4) is 69.0 Å². The van der Waals surface area contributed by atoms with E-state index in [4.69, 9.17) is 62.8 Å². The number of nitrogens with two attached hydrogens (primary N) is 6. The molecule has 0 unspecified atom stereocenters. The number of anilines is 6. The predicted octanol–water partition coefficient (Wildman–Crippen LogP) is 13.3. The van der Waals surface area contributed by atoms with Gasteiger partial charge in [0.2, 0.25) is 0 Å². The van der Waals surface area contributed by atoms with E-state index in [1.165, 1.54) is 0 Å². The van der Waals surface area contributed by atoms with Gasteiger partial charge in [-0.1, -0.05) is 18.2 Å². The molecule has 0 spiro atoms. The molecule has 0 aliphatic rings. The van der Waals surface area contributed by atoms with Crippen LogP contribution in [-0.4, -0.2) is 0 Å². The molecule has 0 bridgehead atoms. The molecular formula is C54H48N6O6. The van der Waals surface area contributed by atoms with Crippen molar-refractivity contribution in [1.29, 1.82) is 0 Å². The molecule has 0 fully saturated rings. The molecule has 12 N–H and O–H groups in total. The zero-order chi connectivity index (χ0) is 46.1. The summed E-state index contributed by atoms with van der Waals surface area (Å²) in [4.78, 5) is 0. The number of hydrogen-bond donors (Lipinski definition) is 6. The van der Waals surface area contributed by atoms with E-state index in [1.54, 1.807) is 54.6 Å². The van der Waals surface area contributed by atoms with Crippen LogP contribution in [0.5, 0.6) is 69.0 Å². The SMILES string of the molecule is Nc1ccc(Oc2ccc(Oc3ccc(N)cc3)cc2)cc1.Nc1ccc(Oc2ccc(Oc3cccc(N)c3)cc2)cc1.Nc1cccc(Oc2ccc(Oc3cccc(N)c3)cc2)c1. The van der Waals surface area contributed by atoms with E-state index in [0.717, 1.165) is 40.2 Å². The first kappa shape index (κ1) is 44.6. The lowest BCUT2D eigenvalue weighted by atomic mass is 10.3. The molecular weight excluding hydrogens is 829 g/mol. The van der Waals surface area contributed by atoms with E-state index in [1.807, 2.05) is 164 Å². The van der Waals surface area contributed by atoms with Crippen LogP contribution in [0.15, 0.2) is 218 Å². The number of hydrogen-bond acceptors (Lipinski definition) is 12. The van der Waals surface area contributed by atoms with Crippen LogP contribution in [0.2, 0.25) is 0 Å². The average Bonchev–Trinajstić information content (AvgIpc) is 3.31. The molecule has 0 atom stereocenters. The Kier molecular flexibility index (Phi) is 14.9. The fourth-order valence-corrected chi connectivity index (χ4v) is 5.89. The summed E-state index contributed by atoms with van der Waals surface area (Å²) < 4.78 is 34.4. The number of ether oxygens (including phenoxy) is 6. The zero-order valence-corrected chi connectivity index (χ0v) is 35.7. The van der Waals surface area contributed by atoms with Gasteiger partial charge in [0.15, 0.2) is 0 Å². The zero-order valence-electron chi connectivity index (χ0n) is 35.7. The molecule has 0 heterocycles. The summed E-state index contributed by atoms with van der Waals surface area (Å²) in [6.07, 6.45) is 0. The molecule has 9 aromatic rings. The summed E-state index contributed by atoms with van der Waals surface area (Å²) in [5, 5.41) is 0. The fraction of sp³-hybridized carbons (Fsp3) is 0. The summed E-state index contributed by atoms with van der Waals surface area (Å²) in [5.74, 6) is 8.64. The van der Waals surface area contributed by atoms with Crippen LogP contribution in [0.1, 0.15) is 0 Å². The van der Waals surface area contributed by atoms with Gasteiger partial charge in [0, 0.05) is 52.3 Å². The molecule has 0 radical (unpaired) electrons. The topological polar surface area (TPSA) is 212 Å². The lowest BCUT2D eigenvalue weighted by Crippen LogP contribution is -1.89. The van der Waals surface area contributed by atoms with Crippen molar-refractivity contribution in [2.24, 2.45) is 0 Å². The molecule has 0 saturated carbocycles. The summed E-state index contributed by atoms with van der Waals surface area (Å²) in [5.41, 5.74) is 38.2. The van der Waals surface area contributed by atoms with Crippen molar-refractivity contribution in [2.75, 3.05) is 34.4 Å². The van der Waals surface area contributed by atoms with Crippen LogP contribution in [0, 0.1) is 0 Å². The second-order valence-corrected chi connectivity index (χ2v) is 14.5. The maximum Gasteiger partial charge on any atom is 0.129 e. The van der Waals surface area contributed by atoms with Gasteiger partial charge in [-0.3, -0.25) is 0 Å². The van der Waals surface area contributed by atoms with Crippen molar-refractivity contribution in [3.63, 3.8) is 0 Å². The van der Waals surface area contributed by atoms with Gasteiger partial charge in [-0.15, -0.1) is 0 Å². The highest BCUT2D eigenvalue weighted by atomic mass is 16.5. The van der Waals surface area contributed by atoms with Gasteiger partial charge in [0.25, 0.3) is 0 Å². The lowest BCUT2D eigenvalue weighted by molar-refractivity contribution is 0.469. The Morgan fingerprint density at radius 1 is 0.167 bits per heavy atom. The van der Waals surface area contributed by atoms with Gasteiger partial charge in [0.1, 0.15) is 69.0 Å². The van der Waals surface area contributed by atoms with Crippen LogP contribution in [0.3, 0.4) is 0 Å². The number of nitrogen functional groups attached to an aromatic ring is 6. The second kappa shape index (κ2) is 22.1. The van der Waals surface area contributed by atoms with E-state index < -0.39 is 0 Å². The van der Waals surface area contributed by atoms with Gasteiger partial charge < -0.3 is 62.8 Å². The largest absolute Gasteiger partial charge is 0.457 e. The standard InChI is InChI=1S/3C18H16N2O2/c19-13-1-5-15(6-2-13)21-17-9-11-18(12-10-17)22-16-7-3-14(20)4-8-16;19-13-3-1-5-17(11-13)21-15-7-9-16(10-8-15)22-18-6-2-4-14(20)12-18;19-13-4-6-15(7-5-13)21-16-8-10-17(11-9-16)22-18-3-1-2-14(20)12-18/h3*1-12H,19-20H2. The van der Waals surface area contributed by atoms with Crippen molar-refractivity contribution < 1.29 is 28.4 Å². The average molecular weight is 877 g/mol. The summed E-state index contributed by atoms with van der Waals surface area (Å²) in [6, 6.07) is 65.8. The molecule has 12 heteroatoms. The monoisotopic (exact) mass is 876 g/mol. The van der Waals surface area contributed by atoms with E-state index in [9.17, 15) is 0 Å². The van der Waals surface area contributed by atoms with Crippen LogP contribution in [0.25, 0.3) is 0 Å². The first-order chi connectivity index (χ1) is 32.1. The van der Waals surface area contributed by atoms with Gasteiger partial charge in [-0.25, -0.2) is 0 Å². The van der Waals surface area contributed by atoms with Gasteiger partial charge in [0.05, 0.1) is 0 Å². The normalized spacial score (nSPS) is 10.2. The molecule has 0 amide bonds. The highest BCUT2D eigenvalue weighted by Crippen LogP contribution is 2.31. The molecule has 0 aliphatic heterocycles. The third kappa shape index (κ3) is 14.3. The number of rotatable bonds is 12. The molecule has 66 heavy (non-hydrogen) atoms. The molecule has 0 aromatic heterocycles. The third-order valence-corrected chi connectivity index (χ3v) is 9.10. The molecule has 0 saturated heterocycles. The maximum absolute atomic E-state index is 5.73. The Balaban J connectivity index is 0.000000147. The van der Waals surface area contributed by atoms with E-state index in [0.29, 0.717) is 62.9 Å². The van der Waals surface area contributed by atoms with Crippen molar-refractivity contribution in [1.82, 2.24) is 0 Å². The predicted molar refractivity (Wildman–Crippen MR) is 265 cm³/mol. The van der Waals surface area contributed by atoms with E-state index >= 15 is 0 Å². The molecule has 9 aromatic carbocycles. The minimum Gasteiger partial charge on any atom is -0.457 e. The van der Waals surface area contributed by atoms with Crippen LogP contribution in [-0.2, 0) is 0 Å². The molecule has 330 valence electrons. The van der Waals surface area contributed by atoms with Crippen LogP contribution < -0.4 is 62.8 Å². The van der Waals surface area contributed by atoms with Gasteiger partial charge >= 0.3 is 0 Å². The first-order valence-corrected chi connectivity index (χ1v) is 20.6. The van der Waals surface area contributed by atoms with Gasteiger partial charge in [-0.05, 0) is 182 Å². The molecule has 9 rings (SSSR count). The highest BCUT2D eigenvalue weighted by molar-refractivity contribution is 5.50. The van der Waals surface area contributed by atoms with E-state index in [-0.39, 0.29) is 0 Å². The smallest absolute Gasteiger partial charge is 0.129 e. The quantitative estimate of drug-likeness (QED) is 0.0633. The summed E-state index contributed by atoms with van der Waals surface area (Å²) in [6.45, 7) is 0. The Bertz CT molecular complexity index is 2760. The summed E-state index contributed by atoms with van der Waals surface area (Å²) in [7, 11) is 0. The Morgan fingerprint density at radius 3 is 0.515 bits per heavy atom. The van der Waals surface area contributed by atoms with Crippen molar-refractivity contribution in [2.45, 2.75) is 0 Å². The Morgan fingerprint density at radius 2 is 0.333 bits per heavy atom. The van der Waals surface area contributed by atoms with Crippen LogP contribution >= 0.6 is 0 Å². The molecule has 0 aliphatic carbocycles.